The van der Waals surface area contributed by atoms with Crippen molar-refractivity contribution in [1.82, 2.24) is 0 Å². The van der Waals surface area contributed by atoms with E-state index >= 15 is 0 Å². The second-order valence-electron chi connectivity index (χ2n) is 6.61. The number of rotatable bonds is 4. The molecule has 0 spiro atoms. The van der Waals surface area contributed by atoms with Gasteiger partial charge in [-0.25, -0.2) is 16.8 Å². The van der Waals surface area contributed by atoms with Gasteiger partial charge in [0.15, 0.2) is 0 Å². The first-order valence-electron chi connectivity index (χ1n) is 8.50. The summed E-state index contributed by atoms with van der Waals surface area (Å²) in [4.78, 5) is 0.140. The summed E-state index contributed by atoms with van der Waals surface area (Å²) in [5.74, 6) is 0.122. The molecule has 0 unspecified atom stereocenters. The second-order valence-corrected chi connectivity index (χ2v) is 11.2. The van der Waals surface area contributed by atoms with Gasteiger partial charge in [-0.05, 0) is 74.2 Å². The highest BCUT2D eigenvalue weighted by Crippen LogP contribution is 2.31. The summed E-state index contributed by atoms with van der Waals surface area (Å²) in [6.45, 7) is 3.83. The fourth-order valence-corrected chi connectivity index (χ4v) is 6.45. The van der Waals surface area contributed by atoms with E-state index in [4.69, 9.17) is 0 Å². The minimum Gasteiger partial charge on any atom is -0.280 e. The number of nitrogens with zero attached hydrogens (tertiary/aromatic N) is 1. The average molecular weight is 473 g/mol. The molecule has 0 amide bonds. The monoisotopic (exact) mass is 472 g/mol. The predicted octanol–water partition coefficient (Wildman–Crippen LogP) is 3.80. The van der Waals surface area contributed by atoms with E-state index in [9.17, 15) is 16.8 Å². The number of hydrogen-bond donors (Lipinski definition) is 1. The van der Waals surface area contributed by atoms with Gasteiger partial charge in [-0.15, -0.1) is 0 Å². The van der Waals surface area contributed by atoms with E-state index in [1.54, 1.807) is 44.2 Å². The molecule has 1 aliphatic heterocycles. The second kappa shape index (κ2) is 7.44. The van der Waals surface area contributed by atoms with Gasteiger partial charge < -0.3 is 0 Å². The quantitative estimate of drug-likeness (QED) is 0.733. The van der Waals surface area contributed by atoms with Gasteiger partial charge in [-0.2, -0.15) is 0 Å². The molecule has 1 N–H and O–H groups in total. The van der Waals surface area contributed by atoms with Gasteiger partial charge >= 0.3 is 0 Å². The van der Waals surface area contributed by atoms with Gasteiger partial charge in [-0.1, -0.05) is 15.9 Å². The zero-order valence-electron chi connectivity index (χ0n) is 15.1. The average Bonchev–Trinajstić information content (AvgIpc) is 2.58. The summed E-state index contributed by atoms with van der Waals surface area (Å²) >= 11 is 3.32. The summed E-state index contributed by atoms with van der Waals surface area (Å²) in [5.41, 5.74) is 2.12. The third-order valence-electron chi connectivity index (χ3n) is 4.50. The molecule has 2 aromatic carbocycles. The van der Waals surface area contributed by atoms with Crippen LogP contribution in [0.1, 0.15) is 24.0 Å². The first kappa shape index (κ1) is 20.2. The Morgan fingerprint density at radius 2 is 1.70 bits per heavy atom. The van der Waals surface area contributed by atoms with Crippen molar-refractivity contribution in [3.8, 4) is 0 Å². The molecule has 9 heteroatoms. The number of benzene rings is 2. The molecule has 1 heterocycles. The van der Waals surface area contributed by atoms with Crippen LogP contribution in [-0.2, 0) is 20.0 Å². The molecule has 0 radical (unpaired) electrons. The first-order valence-corrected chi connectivity index (χ1v) is 12.4. The highest BCUT2D eigenvalue weighted by Gasteiger charge is 2.28. The summed E-state index contributed by atoms with van der Waals surface area (Å²) in [6.07, 6.45) is 1.45. The van der Waals surface area contributed by atoms with Crippen LogP contribution in [0.5, 0.6) is 0 Å². The molecule has 1 saturated heterocycles. The van der Waals surface area contributed by atoms with Crippen molar-refractivity contribution in [2.75, 3.05) is 21.3 Å². The molecular weight excluding hydrogens is 452 g/mol. The summed E-state index contributed by atoms with van der Waals surface area (Å²) in [6, 6.07) is 10.0. The van der Waals surface area contributed by atoms with Crippen LogP contribution in [0.2, 0.25) is 0 Å². The normalized spacial score (nSPS) is 16.9. The van der Waals surface area contributed by atoms with Crippen molar-refractivity contribution >= 4 is 47.4 Å². The Hall–Kier alpha value is -1.58. The van der Waals surface area contributed by atoms with E-state index in [0.29, 0.717) is 35.5 Å². The summed E-state index contributed by atoms with van der Waals surface area (Å²) in [5, 5.41) is 0. The predicted molar refractivity (Wildman–Crippen MR) is 111 cm³/mol. The Morgan fingerprint density at radius 3 is 2.33 bits per heavy atom. The van der Waals surface area contributed by atoms with Gasteiger partial charge in [-0.3, -0.25) is 9.03 Å². The van der Waals surface area contributed by atoms with Gasteiger partial charge in [0.25, 0.3) is 10.0 Å². The standard InChI is InChI=1S/C18H21BrN2O4S2/c1-13-12-18(27(24,25)20-16-7-5-15(19)6-8-16)14(2)11-17(13)21-9-3-4-10-26(21,22)23/h5-8,11-12,20H,3-4,9-10H2,1-2H3. The zero-order chi connectivity index (χ0) is 19.8. The Labute approximate surface area is 168 Å². The molecule has 0 bridgehead atoms. The third kappa shape index (κ3) is 4.30. The number of sulfonamides is 2. The lowest BCUT2D eigenvalue weighted by Crippen LogP contribution is -2.38. The summed E-state index contributed by atoms with van der Waals surface area (Å²) in [7, 11) is -7.14. The Morgan fingerprint density at radius 1 is 1.04 bits per heavy atom. The van der Waals surface area contributed by atoms with Gasteiger partial charge in [0, 0.05) is 16.7 Å². The van der Waals surface area contributed by atoms with Crippen LogP contribution in [0, 0.1) is 13.8 Å². The van der Waals surface area contributed by atoms with Gasteiger partial charge in [0.05, 0.1) is 16.3 Å². The highest BCUT2D eigenvalue weighted by atomic mass is 79.9. The maximum atomic E-state index is 12.8. The van der Waals surface area contributed by atoms with Gasteiger partial charge in [0.1, 0.15) is 0 Å². The van der Waals surface area contributed by atoms with Gasteiger partial charge in [0.2, 0.25) is 10.0 Å². The smallest absolute Gasteiger partial charge is 0.262 e. The molecule has 0 atom stereocenters. The largest absolute Gasteiger partial charge is 0.280 e. The van der Waals surface area contributed by atoms with Crippen molar-refractivity contribution in [3.63, 3.8) is 0 Å². The minimum absolute atomic E-state index is 0.122. The molecule has 0 aliphatic carbocycles. The molecule has 0 saturated carbocycles. The van der Waals surface area contributed by atoms with E-state index in [2.05, 4.69) is 20.7 Å². The lowest BCUT2D eigenvalue weighted by atomic mass is 10.1. The fraction of sp³-hybridized carbons (Fsp3) is 0.333. The molecule has 2 aromatic rings. The minimum atomic E-state index is -3.79. The van der Waals surface area contributed by atoms with Crippen LogP contribution in [0.3, 0.4) is 0 Å². The van der Waals surface area contributed by atoms with Crippen LogP contribution in [-0.4, -0.2) is 29.1 Å². The molecular formula is C18H21BrN2O4S2. The lowest BCUT2D eigenvalue weighted by molar-refractivity contribution is 0.574. The van der Waals surface area contributed by atoms with Crippen LogP contribution < -0.4 is 9.03 Å². The van der Waals surface area contributed by atoms with Crippen molar-refractivity contribution in [2.45, 2.75) is 31.6 Å². The fourth-order valence-electron chi connectivity index (χ4n) is 3.12. The Bertz CT molecular complexity index is 1070. The Balaban J connectivity index is 1.98. The summed E-state index contributed by atoms with van der Waals surface area (Å²) < 4.78 is 55.2. The van der Waals surface area contributed by atoms with Crippen molar-refractivity contribution in [3.05, 3.63) is 52.0 Å². The van der Waals surface area contributed by atoms with E-state index in [1.165, 1.54) is 10.4 Å². The molecule has 3 rings (SSSR count). The van der Waals surface area contributed by atoms with E-state index in [1.807, 2.05) is 0 Å². The maximum absolute atomic E-state index is 12.8. The third-order valence-corrected chi connectivity index (χ3v) is 8.40. The number of hydrogen-bond acceptors (Lipinski definition) is 4. The van der Waals surface area contributed by atoms with Crippen molar-refractivity contribution in [1.29, 1.82) is 0 Å². The van der Waals surface area contributed by atoms with E-state index < -0.39 is 20.0 Å². The molecule has 1 aliphatic rings. The van der Waals surface area contributed by atoms with Crippen LogP contribution in [0.25, 0.3) is 0 Å². The molecule has 27 heavy (non-hydrogen) atoms. The van der Waals surface area contributed by atoms with Crippen molar-refractivity contribution < 1.29 is 16.8 Å². The molecule has 1 fully saturated rings. The number of aryl methyl sites for hydroxylation is 2. The first-order chi connectivity index (χ1) is 12.6. The number of anilines is 2. The Kier molecular flexibility index (Phi) is 5.56. The van der Waals surface area contributed by atoms with Crippen molar-refractivity contribution in [2.24, 2.45) is 0 Å². The lowest BCUT2D eigenvalue weighted by Gasteiger charge is -2.30. The molecule has 0 aromatic heterocycles. The number of halogens is 1. The van der Waals surface area contributed by atoms with E-state index in [0.717, 1.165) is 10.9 Å². The van der Waals surface area contributed by atoms with Crippen LogP contribution >= 0.6 is 15.9 Å². The molecule has 6 nitrogen and oxygen atoms in total. The zero-order valence-corrected chi connectivity index (χ0v) is 18.3. The van der Waals surface area contributed by atoms with E-state index in [-0.39, 0.29) is 10.6 Å². The number of nitrogens with one attached hydrogen (secondary N) is 1. The SMILES string of the molecule is Cc1cc(S(=O)(=O)Nc2ccc(Br)cc2)c(C)cc1N1CCCCS1(=O)=O. The molecule has 146 valence electrons. The van der Waals surface area contributed by atoms with Crippen LogP contribution in [0.4, 0.5) is 11.4 Å². The highest BCUT2D eigenvalue weighted by molar-refractivity contribution is 9.10. The van der Waals surface area contributed by atoms with Crippen LogP contribution in [0.15, 0.2) is 45.8 Å². The maximum Gasteiger partial charge on any atom is 0.262 e. The topological polar surface area (TPSA) is 83.6 Å².